The van der Waals surface area contributed by atoms with Gasteiger partial charge in [0, 0.05) is 6.04 Å². The monoisotopic (exact) mass is 175 g/mol. The SMILES string of the molecule is Cc1cc(C)c2c(c1)CC(N)CC2. The second kappa shape index (κ2) is 3.15. The van der Waals surface area contributed by atoms with Crippen molar-refractivity contribution in [2.75, 3.05) is 0 Å². The number of nitrogens with two attached hydrogens (primary N) is 1. The van der Waals surface area contributed by atoms with E-state index in [1.54, 1.807) is 5.56 Å². The van der Waals surface area contributed by atoms with E-state index in [9.17, 15) is 0 Å². The number of hydrogen-bond acceptors (Lipinski definition) is 1. The molecule has 1 aliphatic carbocycles. The number of hydrogen-bond donors (Lipinski definition) is 1. The van der Waals surface area contributed by atoms with Crippen LogP contribution in [0.5, 0.6) is 0 Å². The predicted octanol–water partition coefficient (Wildman–Crippen LogP) is 2.12. The van der Waals surface area contributed by atoms with E-state index in [0.717, 1.165) is 12.8 Å². The zero-order chi connectivity index (χ0) is 9.42. The third-order valence-corrected chi connectivity index (χ3v) is 2.96. The molecule has 0 aliphatic heterocycles. The van der Waals surface area contributed by atoms with Crippen molar-refractivity contribution in [1.29, 1.82) is 0 Å². The lowest BCUT2D eigenvalue weighted by molar-refractivity contribution is 0.574. The van der Waals surface area contributed by atoms with Crippen LogP contribution in [0.25, 0.3) is 0 Å². The first-order valence-corrected chi connectivity index (χ1v) is 5.01. The molecule has 1 aromatic carbocycles. The van der Waals surface area contributed by atoms with Crippen LogP contribution < -0.4 is 5.73 Å². The van der Waals surface area contributed by atoms with E-state index in [1.165, 1.54) is 23.1 Å². The summed E-state index contributed by atoms with van der Waals surface area (Å²) in [5.41, 5.74) is 11.8. The molecule has 1 unspecified atom stereocenters. The van der Waals surface area contributed by atoms with E-state index in [2.05, 4.69) is 26.0 Å². The standard InChI is InChI=1S/C12H17N/c1-8-5-9(2)12-4-3-11(13)7-10(12)6-8/h5-6,11H,3-4,7,13H2,1-2H3. The van der Waals surface area contributed by atoms with Crippen molar-refractivity contribution in [2.24, 2.45) is 5.73 Å². The Labute approximate surface area is 80.0 Å². The van der Waals surface area contributed by atoms with Gasteiger partial charge in [-0.15, -0.1) is 0 Å². The molecule has 0 saturated heterocycles. The van der Waals surface area contributed by atoms with E-state index in [-0.39, 0.29) is 0 Å². The Hall–Kier alpha value is -0.820. The molecule has 1 aromatic rings. The van der Waals surface area contributed by atoms with Crippen molar-refractivity contribution in [3.05, 3.63) is 34.4 Å². The smallest absolute Gasteiger partial charge is 0.00825 e. The number of aryl methyl sites for hydroxylation is 2. The number of benzene rings is 1. The van der Waals surface area contributed by atoms with E-state index in [4.69, 9.17) is 5.73 Å². The Bertz CT molecular complexity index is 328. The third-order valence-electron chi connectivity index (χ3n) is 2.96. The minimum Gasteiger partial charge on any atom is -0.327 e. The molecule has 13 heavy (non-hydrogen) atoms. The van der Waals surface area contributed by atoms with Gasteiger partial charge in [-0.3, -0.25) is 0 Å². The molecule has 1 nitrogen and oxygen atoms in total. The molecule has 0 heterocycles. The lowest BCUT2D eigenvalue weighted by Gasteiger charge is -2.23. The normalized spacial score (nSPS) is 21.3. The van der Waals surface area contributed by atoms with Crippen LogP contribution in [-0.4, -0.2) is 6.04 Å². The van der Waals surface area contributed by atoms with Crippen molar-refractivity contribution >= 4 is 0 Å². The fourth-order valence-corrected chi connectivity index (χ4v) is 2.34. The first-order valence-electron chi connectivity index (χ1n) is 5.01. The molecule has 1 heteroatoms. The van der Waals surface area contributed by atoms with Gasteiger partial charge in [-0.1, -0.05) is 17.7 Å². The largest absolute Gasteiger partial charge is 0.327 e. The molecule has 70 valence electrons. The Morgan fingerprint density at radius 3 is 2.85 bits per heavy atom. The van der Waals surface area contributed by atoms with Crippen molar-refractivity contribution in [3.63, 3.8) is 0 Å². The molecule has 2 N–H and O–H groups in total. The Kier molecular flexibility index (Phi) is 2.12. The highest BCUT2D eigenvalue weighted by molar-refractivity contribution is 5.40. The summed E-state index contributed by atoms with van der Waals surface area (Å²) in [7, 11) is 0. The Morgan fingerprint density at radius 1 is 1.31 bits per heavy atom. The summed E-state index contributed by atoms with van der Waals surface area (Å²) in [6.07, 6.45) is 3.39. The summed E-state index contributed by atoms with van der Waals surface area (Å²) in [5.74, 6) is 0. The van der Waals surface area contributed by atoms with Crippen molar-refractivity contribution < 1.29 is 0 Å². The van der Waals surface area contributed by atoms with Crippen LogP contribution in [0.1, 0.15) is 28.7 Å². The van der Waals surface area contributed by atoms with Gasteiger partial charge in [-0.25, -0.2) is 0 Å². The van der Waals surface area contributed by atoms with Crippen LogP contribution in [-0.2, 0) is 12.8 Å². The summed E-state index contributed by atoms with van der Waals surface area (Å²) in [5, 5.41) is 0. The quantitative estimate of drug-likeness (QED) is 0.642. The second-order valence-electron chi connectivity index (χ2n) is 4.22. The molecule has 0 radical (unpaired) electrons. The molecule has 0 saturated carbocycles. The molecular weight excluding hydrogens is 158 g/mol. The summed E-state index contributed by atoms with van der Waals surface area (Å²) >= 11 is 0. The summed E-state index contributed by atoms with van der Waals surface area (Å²) < 4.78 is 0. The maximum absolute atomic E-state index is 5.95. The van der Waals surface area contributed by atoms with Crippen LogP contribution in [0.3, 0.4) is 0 Å². The van der Waals surface area contributed by atoms with Gasteiger partial charge >= 0.3 is 0 Å². The third kappa shape index (κ3) is 1.61. The van der Waals surface area contributed by atoms with Gasteiger partial charge < -0.3 is 5.73 Å². The van der Waals surface area contributed by atoms with Crippen molar-refractivity contribution in [3.8, 4) is 0 Å². The summed E-state index contributed by atoms with van der Waals surface area (Å²) in [4.78, 5) is 0. The zero-order valence-corrected chi connectivity index (χ0v) is 8.43. The van der Waals surface area contributed by atoms with Gasteiger partial charge in [0.15, 0.2) is 0 Å². The molecule has 0 fully saturated rings. The fraction of sp³-hybridized carbons (Fsp3) is 0.500. The van der Waals surface area contributed by atoms with E-state index in [0.29, 0.717) is 6.04 Å². The van der Waals surface area contributed by atoms with Gasteiger partial charge in [0.2, 0.25) is 0 Å². The highest BCUT2D eigenvalue weighted by Crippen LogP contribution is 2.24. The molecule has 0 aromatic heterocycles. The summed E-state index contributed by atoms with van der Waals surface area (Å²) in [6.45, 7) is 4.37. The van der Waals surface area contributed by atoms with Crippen LogP contribution in [0.4, 0.5) is 0 Å². The van der Waals surface area contributed by atoms with Crippen molar-refractivity contribution in [1.82, 2.24) is 0 Å². The first kappa shape index (κ1) is 8.76. The van der Waals surface area contributed by atoms with Crippen molar-refractivity contribution in [2.45, 2.75) is 39.2 Å². The molecule has 0 amide bonds. The maximum Gasteiger partial charge on any atom is 0.00825 e. The maximum atomic E-state index is 5.95. The topological polar surface area (TPSA) is 26.0 Å². The molecule has 1 aliphatic rings. The molecule has 2 rings (SSSR count). The van der Waals surface area contributed by atoms with Gasteiger partial charge in [-0.2, -0.15) is 0 Å². The average Bonchev–Trinajstić information content (AvgIpc) is 2.02. The van der Waals surface area contributed by atoms with Gasteiger partial charge in [0.25, 0.3) is 0 Å². The summed E-state index contributed by atoms with van der Waals surface area (Å²) in [6, 6.07) is 4.95. The highest BCUT2D eigenvalue weighted by Gasteiger charge is 2.16. The number of rotatable bonds is 0. The number of fused-ring (bicyclic) bond motifs is 1. The molecule has 0 spiro atoms. The average molecular weight is 175 g/mol. The van der Waals surface area contributed by atoms with Gasteiger partial charge in [-0.05, 0) is 49.8 Å². The Balaban J connectivity index is 2.47. The zero-order valence-electron chi connectivity index (χ0n) is 8.43. The molecule has 0 bridgehead atoms. The Morgan fingerprint density at radius 2 is 2.08 bits per heavy atom. The second-order valence-corrected chi connectivity index (χ2v) is 4.22. The lowest BCUT2D eigenvalue weighted by Crippen LogP contribution is -2.28. The predicted molar refractivity (Wildman–Crippen MR) is 55.9 cm³/mol. The first-order chi connectivity index (χ1) is 6.16. The fourth-order valence-electron chi connectivity index (χ4n) is 2.34. The van der Waals surface area contributed by atoms with Crippen LogP contribution in [0.15, 0.2) is 12.1 Å². The molecule has 1 atom stereocenters. The van der Waals surface area contributed by atoms with E-state index >= 15 is 0 Å². The van der Waals surface area contributed by atoms with Gasteiger partial charge in [0.05, 0.1) is 0 Å². The molecular formula is C12H17N. The van der Waals surface area contributed by atoms with Crippen LogP contribution >= 0.6 is 0 Å². The minimum absolute atomic E-state index is 0.383. The van der Waals surface area contributed by atoms with E-state index < -0.39 is 0 Å². The van der Waals surface area contributed by atoms with E-state index in [1.807, 2.05) is 0 Å². The van der Waals surface area contributed by atoms with Crippen LogP contribution in [0, 0.1) is 13.8 Å². The lowest BCUT2D eigenvalue weighted by atomic mass is 9.85. The minimum atomic E-state index is 0.383. The highest BCUT2D eigenvalue weighted by atomic mass is 14.6. The van der Waals surface area contributed by atoms with Crippen LogP contribution in [0.2, 0.25) is 0 Å². The van der Waals surface area contributed by atoms with Gasteiger partial charge in [0.1, 0.15) is 0 Å².